The van der Waals surface area contributed by atoms with E-state index in [2.05, 4.69) is 0 Å². The van der Waals surface area contributed by atoms with Crippen LogP contribution in [0.3, 0.4) is 0 Å². The first-order chi connectivity index (χ1) is 9.45. The van der Waals surface area contributed by atoms with Crippen molar-refractivity contribution in [2.45, 2.75) is 52.7 Å². The minimum absolute atomic E-state index is 0.0637. The van der Waals surface area contributed by atoms with Crippen molar-refractivity contribution in [3.8, 4) is 0 Å². The summed E-state index contributed by atoms with van der Waals surface area (Å²) >= 11 is 0. The van der Waals surface area contributed by atoms with Crippen LogP contribution in [-0.2, 0) is 4.65 Å². The molecule has 1 rings (SSSR count). The number of hydrogen-bond donors (Lipinski definition) is 2. The molecule has 4 nitrogen and oxygen atoms in total. The highest BCUT2D eigenvalue weighted by atomic mass is 16.5. The van der Waals surface area contributed by atoms with Gasteiger partial charge in [0.2, 0.25) is 0 Å². The van der Waals surface area contributed by atoms with Gasteiger partial charge in [0.1, 0.15) is 0 Å². The van der Waals surface area contributed by atoms with Crippen LogP contribution in [-0.4, -0.2) is 34.2 Å². The maximum Gasteiger partial charge on any atom is 0.491 e. The van der Waals surface area contributed by atoms with Crippen molar-refractivity contribution < 1.29 is 19.6 Å². The van der Waals surface area contributed by atoms with Crippen LogP contribution < -0.4 is 5.46 Å². The minimum atomic E-state index is -1.16. The molecule has 0 heterocycles. The molecule has 0 aliphatic carbocycles. The van der Waals surface area contributed by atoms with Crippen molar-refractivity contribution in [3.63, 3.8) is 0 Å². The Kier molecular flexibility index (Phi) is 5.37. The van der Waals surface area contributed by atoms with E-state index in [4.69, 9.17) is 4.65 Å². The number of hydrogen-bond acceptors (Lipinski definition) is 4. The molecule has 0 amide bonds. The molecule has 21 heavy (non-hydrogen) atoms. The molecule has 0 fully saturated rings. The highest BCUT2D eigenvalue weighted by Gasteiger charge is 2.39. The zero-order valence-corrected chi connectivity index (χ0v) is 13.7. The predicted octanol–water partition coefficient (Wildman–Crippen LogP) is 1.78. The molecule has 0 radical (unpaired) electrons. The molecule has 116 valence electrons. The molecule has 0 aliphatic heterocycles. The van der Waals surface area contributed by atoms with Crippen molar-refractivity contribution in [1.82, 2.24) is 0 Å². The van der Waals surface area contributed by atoms with Crippen LogP contribution in [0.5, 0.6) is 0 Å². The lowest BCUT2D eigenvalue weighted by Gasteiger charge is -2.38. The molecular formula is C16H25BO4. The zero-order chi connectivity index (χ0) is 16.4. The maximum atomic E-state index is 11.9. The average Bonchev–Trinajstić information content (AvgIpc) is 2.36. The van der Waals surface area contributed by atoms with E-state index in [1.54, 1.807) is 52.0 Å². The molecule has 1 aromatic carbocycles. The Morgan fingerprint density at radius 3 is 2.00 bits per heavy atom. The molecule has 0 saturated heterocycles. The van der Waals surface area contributed by atoms with Gasteiger partial charge >= 0.3 is 7.12 Å². The van der Waals surface area contributed by atoms with Crippen LogP contribution in [0.15, 0.2) is 24.3 Å². The summed E-state index contributed by atoms with van der Waals surface area (Å²) in [7, 11) is -1.16. The third kappa shape index (κ3) is 4.40. The summed E-state index contributed by atoms with van der Waals surface area (Å²) in [5.41, 5.74) is -0.851. The second-order valence-electron chi connectivity index (χ2n) is 6.68. The Hall–Kier alpha value is -1.17. The van der Waals surface area contributed by atoms with E-state index >= 15 is 0 Å². The molecule has 0 bridgehead atoms. The monoisotopic (exact) mass is 292 g/mol. The zero-order valence-electron chi connectivity index (χ0n) is 13.7. The maximum absolute atomic E-state index is 11.9. The van der Waals surface area contributed by atoms with Gasteiger partial charge in [0.25, 0.3) is 0 Å². The van der Waals surface area contributed by atoms with Gasteiger partial charge in [-0.2, -0.15) is 0 Å². The number of rotatable bonds is 6. The van der Waals surface area contributed by atoms with Crippen LogP contribution in [0, 0.1) is 5.92 Å². The van der Waals surface area contributed by atoms with Gasteiger partial charge < -0.3 is 14.8 Å². The van der Waals surface area contributed by atoms with Crippen LogP contribution in [0.2, 0.25) is 0 Å². The van der Waals surface area contributed by atoms with Gasteiger partial charge in [0.15, 0.2) is 5.78 Å². The first-order valence-corrected chi connectivity index (χ1v) is 7.18. The molecule has 2 N–H and O–H groups in total. The number of carbonyl (C=O) groups is 1. The predicted molar refractivity (Wildman–Crippen MR) is 84.7 cm³/mol. The SMILES string of the molecule is CC(C)C(=O)c1ccc(B(O)OC(C)(C)C(C)(C)O)cc1. The summed E-state index contributed by atoms with van der Waals surface area (Å²) in [6.07, 6.45) is 0. The van der Waals surface area contributed by atoms with Gasteiger partial charge in [-0.05, 0) is 33.2 Å². The summed E-state index contributed by atoms with van der Waals surface area (Å²) in [5.74, 6) is -0.0000700. The molecule has 0 aliphatic rings. The fourth-order valence-electron chi connectivity index (χ4n) is 1.64. The molecular weight excluding hydrogens is 267 g/mol. The normalized spacial score (nSPS) is 12.6. The summed E-state index contributed by atoms with van der Waals surface area (Å²) in [4.78, 5) is 11.9. The Balaban J connectivity index is 2.85. The van der Waals surface area contributed by atoms with Gasteiger partial charge in [0, 0.05) is 11.5 Å². The van der Waals surface area contributed by atoms with Crippen molar-refractivity contribution in [1.29, 1.82) is 0 Å². The van der Waals surface area contributed by atoms with Crippen molar-refractivity contribution in [2.75, 3.05) is 0 Å². The Morgan fingerprint density at radius 2 is 1.62 bits per heavy atom. The standard InChI is InChI=1S/C16H25BO4/c1-11(2)14(18)12-7-9-13(10-8-12)17(20)21-16(5,6)15(3,4)19/h7-11,19-20H,1-6H3. The lowest BCUT2D eigenvalue weighted by Crippen LogP contribution is -2.53. The van der Waals surface area contributed by atoms with Gasteiger partial charge in [-0.15, -0.1) is 0 Å². The van der Waals surface area contributed by atoms with Gasteiger partial charge in [0.05, 0.1) is 11.2 Å². The van der Waals surface area contributed by atoms with E-state index in [9.17, 15) is 14.9 Å². The van der Waals surface area contributed by atoms with E-state index in [1.165, 1.54) is 0 Å². The largest absolute Gasteiger partial charge is 0.491 e. The first kappa shape index (κ1) is 17.9. The second kappa shape index (κ2) is 6.30. The number of benzene rings is 1. The highest BCUT2D eigenvalue weighted by Crippen LogP contribution is 2.25. The molecule has 1 aromatic rings. The summed E-state index contributed by atoms with van der Waals surface area (Å²) in [5, 5.41) is 20.2. The van der Waals surface area contributed by atoms with E-state index in [-0.39, 0.29) is 11.7 Å². The van der Waals surface area contributed by atoms with Crippen molar-refractivity contribution in [2.24, 2.45) is 5.92 Å². The summed E-state index contributed by atoms with van der Waals surface area (Å²) < 4.78 is 5.56. The third-order valence-electron chi connectivity index (χ3n) is 3.88. The van der Waals surface area contributed by atoms with Gasteiger partial charge in [-0.25, -0.2) is 0 Å². The quantitative estimate of drug-likeness (QED) is 0.619. The molecule has 0 atom stereocenters. The van der Waals surface area contributed by atoms with Gasteiger partial charge in [-0.3, -0.25) is 4.79 Å². The van der Waals surface area contributed by atoms with Crippen LogP contribution >= 0.6 is 0 Å². The lowest BCUT2D eigenvalue weighted by molar-refractivity contribution is -0.0982. The van der Waals surface area contributed by atoms with E-state index < -0.39 is 18.3 Å². The minimum Gasteiger partial charge on any atom is -0.423 e. The Labute approximate surface area is 127 Å². The topological polar surface area (TPSA) is 66.8 Å². The number of aliphatic hydroxyl groups is 1. The summed E-state index contributed by atoms with van der Waals surface area (Å²) in [6.45, 7) is 10.4. The Bertz CT molecular complexity index is 486. The molecule has 0 unspecified atom stereocenters. The average molecular weight is 292 g/mol. The highest BCUT2D eigenvalue weighted by molar-refractivity contribution is 6.60. The molecule has 0 spiro atoms. The first-order valence-electron chi connectivity index (χ1n) is 7.18. The second-order valence-corrected chi connectivity index (χ2v) is 6.68. The lowest BCUT2D eigenvalue weighted by atomic mass is 9.76. The van der Waals surface area contributed by atoms with Gasteiger partial charge in [-0.1, -0.05) is 38.1 Å². The number of carbonyl (C=O) groups excluding carboxylic acids is 1. The molecule has 0 aromatic heterocycles. The third-order valence-corrected chi connectivity index (χ3v) is 3.88. The van der Waals surface area contributed by atoms with E-state index in [0.29, 0.717) is 11.0 Å². The number of ketones is 1. The van der Waals surface area contributed by atoms with Crippen molar-refractivity contribution >= 4 is 18.4 Å². The van der Waals surface area contributed by atoms with E-state index in [1.807, 2.05) is 13.8 Å². The molecule has 0 saturated carbocycles. The van der Waals surface area contributed by atoms with Crippen LogP contribution in [0.25, 0.3) is 0 Å². The summed E-state index contributed by atoms with van der Waals surface area (Å²) in [6, 6.07) is 6.70. The Morgan fingerprint density at radius 1 is 1.14 bits per heavy atom. The smallest absolute Gasteiger partial charge is 0.423 e. The molecule has 5 heteroatoms. The van der Waals surface area contributed by atoms with Crippen molar-refractivity contribution in [3.05, 3.63) is 29.8 Å². The van der Waals surface area contributed by atoms with E-state index in [0.717, 1.165) is 0 Å². The fourth-order valence-corrected chi connectivity index (χ4v) is 1.64. The van der Waals surface area contributed by atoms with Crippen LogP contribution in [0.4, 0.5) is 0 Å². The fraction of sp³-hybridized carbons (Fsp3) is 0.562. The van der Waals surface area contributed by atoms with Crippen LogP contribution in [0.1, 0.15) is 51.9 Å². The number of Topliss-reactive ketones (excluding diaryl/α,β-unsaturated/α-hetero) is 1.